The van der Waals surface area contributed by atoms with E-state index in [1.54, 1.807) is 0 Å². The molecule has 0 aromatic heterocycles. The summed E-state index contributed by atoms with van der Waals surface area (Å²) in [6, 6.07) is 3.39. The second-order valence-electron chi connectivity index (χ2n) is 2.61. The summed E-state index contributed by atoms with van der Waals surface area (Å²) >= 11 is 10.3. The molecule has 0 amide bonds. The normalized spacial score (nSPS) is 9.73. The molecule has 4 nitrogen and oxygen atoms in total. The van der Waals surface area contributed by atoms with Gasteiger partial charge in [0.1, 0.15) is 0 Å². The topological polar surface area (TPSA) is 71.4 Å². The van der Waals surface area contributed by atoms with Gasteiger partial charge in [-0.2, -0.15) is 0 Å². The fourth-order valence-electron chi connectivity index (χ4n) is 1.01. The van der Waals surface area contributed by atoms with Gasteiger partial charge in [-0.15, -0.1) is 0 Å². The first-order valence-electron chi connectivity index (χ1n) is 3.70. The van der Waals surface area contributed by atoms with E-state index in [1.165, 1.54) is 6.07 Å². The van der Waals surface area contributed by atoms with Gasteiger partial charge in [0.15, 0.2) is 0 Å². The number of halogens is 2. The minimum Gasteiger partial charge on any atom is -0.478 e. The fourth-order valence-corrected chi connectivity index (χ4v) is 1.30. The lowest BCUT2D eigenvalue weighted by atomic mass is 10.1. The lowest BCUT2D eigenvalue weighted by Gasteiger charge is -2.02. The standard InChI is InChI=1S/C9H4Cl2O4/c10-7(12)4-1-2-5(8(11)13)6(3-4)9(14)15/h1-3H,(H,14,15). The van der Waals surface area contributed by atoms with Crippen LogP contribution in [0.25, 0.3) is 0 Å². The highest BCUT2D eigenvalue weighted by Crippen LogP contribution is 2.16. The molecule has 0 aliphatic heterocycles. The van der Waals surface area contributed by atoms with Crippen LogP contribution in [0.4, 0.5) is 0 Å². The molecule has 0 atom stereocenters. The highest BCUT2D eigenvalue weighted by atomic mass is 35.5. The maximum atomic E-state index is 10.8. The van der Waals surface area contributed by atoms with E-state index in [1.807, 2.05) is 0 Å². The average molecular weight is 247 g/mol. The lowest BCUT2D eigenvalue weighted by Crippen LogP contribution is -2.06. The third kappa shape index (κ3) is 2.55. The van der Waals surface area contributed by atoms with E-state index < -0.39 is 16.5 Å². The number of rotatable bonds is 3. The second kappa shape index (κ2) is 4.42. The SMILES string of the molecule is O=C(Cl)c1ccc(C(=O)Cl)c(C(=O)O)c1. The zero-order valence-electron chi connectivity index (χ0n) is 7.16. The van der Waals surface area contributed by atoms with Gasteiger partial charge in [0, 0.05) is 11.1 Å². The summed E-state index contributed by atoms with van der Waals surface area (Å²) in [5.74, 6) is -1.35. The molecular weight excluding hydrogens is 243 g/mol. The van der Waals surface area contributed by atoms with E-state index >= 15 is 0 Å². The molecule has 0 spiro atoms. The predicted octanol–water partition coefficient (Wildman–Crippen LogP) is 2.14. The Morgan fingerprint density at radius 3 is 2.00 bits per heavy atom. The maximum absolute atomic E-state index is 10.8. The average Bonchev–Trinajstić information content (AvgIpc) is 2.16. The molecule has 0 bridgehead atoms. The van der Waals surface area contributed by atoms with E-state index in [-0.39, 0.29) is 16.7 Å². The van der Waals surface area contributed by atoms with Crippen molar-refractivity contribution in [3.8, 4) is 0 Å². The van der Waals surface area contributed by atoms with E-state index in [9.17, 15) is 14.4 Å². The van der Waals surface area contributed by atoms with Crippen LogP contribution in [0.2, 0.25) is 0 Å². The molecule has 0 saturated heterocycles. The van der Waals surface area contributed by atoms with E-state index in [0.717, 1.165) is 12.1 Å². The summed E-state index contributed by atoms with van der Waals surface area (Å²) in [6.07, 6.45) is 0. The Hall–Kier alpha value is -1.39. The third-order valence-electron chi connectivity index (χ3n) is 1.69. The maximum Gasteiger partial charge on any atom is 0.336 e. The minimum atomic E-state index is -1.35. The van der Waals surface area contributed by atoms with E-state index in [2.05, 4.69) is 0 Å². The number of hydrogen-bond donors (Lipinski definition) is 1. The van der Waals surface area contributed by atoms with Gasteiger partial charge < -0.3 is 5.11 Å². The smallest absolute Gasteiger partial charge is 0.336 e. The fraction of sp³-hybridized carbons (Fsp3) is 0. The van der Waals surface area contributed by atoms with Gasteiger partial charge in [0.2, 0.25) is 0 Å². The molecule has 1 N–H and O–H groups in total. The Labute approximate surface area is 94.4 Å². The molecule has 0 aliphatic rings. The van der Waals surface area contributed by atoms with Gasteiger partial charge in [-0.1, -0.05) is 0 Å². The van der Waals surface area contributed by atoms with Crippen LogP contribution < -0.4 is 0 Å². The van der Waals surface area contributed by atoms with Crippen molar-refractivity contribution in [2.75, 3.05) is 0 Å². The monoisotopic (exact) mass is 246 g/mol. The summed E-state index contributed by atoms with van der Waals surface area (Å²) in [5, 5.41) is 7.05. The second-order valence-corrected chi connectivity index (χ2v) is 3.30. The molecule has 1 aromatic carbocycles. The zero-order chi connectivity index (χ0) is 11.6. The van der Waals surface area contributed by atoms with Gasteiger partial charge in [-0.3, -0.25) is 9.59 Å². The third-order valence-corrected chi connectivity index (χ3v) is 2.11. The summed E-state index contributed by atoms with van der Waals surface area (Å²) in [5.41, 5.74) is -0.525. The molecule has 6 heteroatoms. The lowest BCUT2D eigenvalue weighted by molar-refractivity contribution is 0.0693. The Kier molecular flexibility index (Phi) is 3.44. The molecule has 1 aromatic rings. The van der Waals surface area contributed by atoms with Crippen molar-refractivity contribution in [1.29, 1.82) is 0 Å². The number of carbonyl (C=O) groups excluding carboxylic acids is 2. The van der Waals surface area contributed by atoms with Crippen LogP contribution in [0.15, 0.2) is 18.2 Å². The van der Waals surface area contributed by atoms with Crippen LogP contribution in [-0.4, -0.2) is 21.6 Å². The summed E-state index contributed by atoms with van der Waals surface area (Å²) in [6.45, 7) is 0. The van der Waals surface area contributed by atoms with Crippen LogP contribution >= 0.6 is 23.2 Å². The van der Waals surface area contributed by atoms with Crippen LogP contribution in [0.5, 0.6) is 0 Å². The molecule has 78 valence electrons. The molecule has 0 fully saturated rings. The van der Waals surface area contributed by atoms with Crippen molar-refractivity contribution >= 4 is 39.7 Å². The van der Waals surface area contributed by atoms with Crippen LogP contribution in [0.3, 0.4) is 0 Å². The Morgan fingerprint density at radius 1 is 1.00 bits per heavy atom. The van der Waals surface area contributed by atoms with Gasteiger partial charge in [-0.05, 0) is 41.4 Å². The predicted molar refractivity (Wildman–Crippen MR) is 53.8 cm³/mol. The van der Waals surface area contributed by atoms with Crippen LogP contribution in [0, 0.1) is 0 Å². The summed E-state index contributed by atoms with van der Waals surface area (Å²) in [7, 11) is 0. The summed E-state index contributed by atoms with van der Waals surface area (Å²) < 4.78 is 0. The van der Waals surface area contributed by atoms with Crippen molar-refractivity contribution in [2.24, 2.45) is 0 Å². The van der Waals surface area contributed by atoms with Crippen molar-refractivity contribution < 1.29 is 19.5 Å². The molecule has 0 heterocycles. The number of benzene rings is 1. The zero-order valence-corrected chi connectivity index (χ0v) is 8.67. The first kappa shape index (κ1) is 11.7. The Balaban J connectivity index is 3.40. The highest BCUT2D eigenvalue weighted by molar-refractivity contribution is 6.69. The number of carboxylic acids is 1. The molecule has 0 unspecified atom stereocenters. The molecule has 0 saturated carbocycles. The van der Waals surface area contributed by atoms with Gasteiger partial charge in [0.05, 0.1) is 5.56 Å². The van der Waals surface area contributed by atoms with Gasteiger partial charge in [0.25, 0.3) is 10.5 Å². The molecule has 0 aliphatic carbocycles. The quantitative estimate of drug-likeness (QED) is 0.830. The largest absolute Gasteiger partial charge is 0.478 e. The summed E-state index contributed by atoms with van der Waals surface area (Å²) in [4.78, 5) is 32.3. The van der Waals surface area contributed by atoms with Crippen molar-refractivity contribution in [3.63, 3.8) is 0 Å². The Bertz CT molecular complexity index is 453. The molecular formula is C9H4Cl2O4. The van der Waals surface area contributed by atoms with Crippen molar-refractivity contribution in [3.05, 3.63) is 34.9 Å². The first-order valence-corrected chi connectivity index (χ1v) is 4.46. The minimum absolute atomic E-state index is 0.00395. The van der Waals surface area contributed by atoms with Gasteiger partial charge >= 0.3 is 5.97 Å². The number of carboxylic acid groups (broad SMARTS) is 1. The van der Waals surface area contributed by atoms with E-state index in [4.69, 9.17) is 28.3 Å². The van der Waals surface area contributed by atoms with Gasteiger partial charge in [-0.25, -0.2) is 4.79 Å². The first-order chi connectivity index (χ1) is 6.93. The number of hydrogen-bond acceptors (Lipinski definition) is 3. The van der Waals surface area contributed by atoms with Crippen molar-refractivity contribution in [2.45, 2.75) is 0 Å². The highest BCUT2D eigenvalue weighted by Gasteiger charge is 2.16. The van der Waals surface area contributed by atoms with Crippen LogP contribution in [0.1, 0.15) is 31.1 Å². The van der Waals surface area contributed by atoms with Crippen LogP contribution in [-0.2, 0) is 0 Å². The molecule has 15 heavy (non-hydrogen) atoms. The number of aromatic carboxylic acids is 1. The molecule has 0 radical (unpaired) electrons. The Morgan fingerprint density at radius 2 is 1.60 bits per heavy atom. The van der Waals surface area contributed by atoms with Crippen molar-refractivity contribution in [1.82, 2.24) is 0 Å². The number of carbonyl (C=O) groups is 3. The molecule has 1 rings (SSSR count). The van der Waals surface area contributed by atoms with E-state index in [0.29, 0.717) is 0 Å².